The molecular weight excluding hydrogens is 340 g/mol. The quantitative estimate of drug-likeness (QED) is 0.551. The second-order valence-electron chi connectivity index (χ2n) is 7.09. The summed E-state index contributed by atoms with van der Waals surface area (Å²) in [6.45, 7) is 1.46. The minimum Gasteiger partial charge on any atom is -0.338 e. The Kier molecular flexibility index (Phi) is 3.67. The zero-order chi connectivity index (χ0) is 18.4. The number of aromatic nitrogens is 5. The Morgan fingerprint density at radius 3 is 3.00 bits per heavy atom. The molecule has 1 aliphatic rings. The lowest BCUT2D eigenvalue weighted by molar-refractivity contribution is 0.0703. The molecule has 1 aromatic carbocycles. The Hall–Kier alpha value is -3.22. The molecule has 136 valence electrons. The summed E-state index contributed by atoms with van der Waals surface area (Å²) < 4.78 is 3.82. The Labute approximate surface area is 156 Å². The van der Waals surface area contributed by atoms with Crippen LogP contribution in [0.4, 0.5) is 0 Å². The number of hydrogen-bond donors (Lipinski definition) is 0. The molecule has 1 fully saturated rings. The van der Waals surface area contributed by atoms with E-state index in [0.717, 1.165) is 36.2 Å². The van der Waals surface area contributed by atoms with Gasteiger partial charge < -0.3 is 9.47 Å². The van der Waals surface area contributed by atoms with E-state index >= 15 is 0 Å². The summed E-state index contributed by atoms with van der Waals surface area (Å²) in [5, 5.41) is 4.08. The number of nitrogens with zero attached hydrogens (tertiary/aromatic N) is 6. The van der Waals surface area contributed by atoms with Crippen molar-refractivity contribution in [1.29, 1.82) is 0 Å². The highest BCUT2D eigenvalue weighted by atomic mass is 16.2. The molecule has 1 amide bonds. The lowest BCUT2D eigenvalue weighted by Crippen LogP contribution is -2.39. The van der Waals surface area contributed by atoms with Gasteiger partial charge >= 0.3 is 0 Å². The highest BCUT2D eigenvalue weighted by Crippen LogP contribution is 2.29. The van der Waals surface area contributed by atoms with Gasteiger partial charge in [-0.05, 0) is 37.1 Å². The third-order valence-electron chi connectivity index (χ3n) is 5.42. The van der Waals surface area contributed by atoms with Crippen LogP contribution in [0.2, 0.25) is 0 Å². The average molecular weight is 360 g/mol. The zero-order valence-electron chi connectivity index (χ0n) is 15.1. The standard InChI is InChI=1S/C20H20N6O/c1-24-17-7-3-2-6-16(17)23-19(24)15-5-4-9-25(12-15)20(27)14-8-10-26-18(11-14)21-13-22-26/h2-3,6-8,10-11,13,15H,4-5,9,12H2,1H3. The molecule has 0 aliphatic carbocycles. The molecule has 7 heteroatoms. The van der Waals surface area contributed by atoms with Gasteiger partial charge in [0.15, 0.2) is 5.65 Å². The molecule has 0 N–H and O–H groups in total. The van der Waals surface area contributed by atoms with Crippen LogP contribution in [0.1, 0.15) is 34.9 Å². The summed E-state index contributed by atoms with van der Waals surface area (Å²) in [6, 6.07) is 11.8. The van der Waals surface area contributed by atoms with Gasteiger partial charge in [0.25, 0.3) is 5.91 Å². The summed E-state index contributed by atoms with van der Waals surface area (Å²) in [5.74, 6) is 1.35. The first-order chi connectivity index (χ1) is 13.2. The first-order valence-electron chi connectivity index (χ1n) is 9.21. The number of likely N-dealkylation sites (tertiary alicyclic amines) is 1. The van der Waals surface area contributed by atoms with Crippen molar-refractivity contribution in [2.75, 3.05) is 13.1 Å². The normalized spacial score (nSPS) is 17.7. The Bertz CT molecular complexity index is 1140. The SMILES string of the molecule is Cn1c(C2CCCN(C(=O)c3ccn4ncnc4c3)C2)nc2ccccc21. The van der Waals surface area contributed by atoms with Gasteiger partial charge in [-0.25, -0.2) is 14.5 Å². The number of carbonyl (C=O) groups excluding carboxylic acids is 1. The van der Waals surface area contributed by atoms with Crippen molar-refractivity contribution in [2.45, 2.75) is 18.8 Å². The van der Waals surface area contributed by atoms with Crippen molar-refractivity contribution >= 4 is 22.6 Å². The summed E-state index contributed by atoms with van der Waals surface area (Å²) >= 11 is 0. The molecule has 4 heterocycles. The molecular formula is C20H20N6O. The van der Waals surface area contributed by atoms with Crippen molar-refractivity contribution in [3.63, 3.8) is 0 Å². The van der Waals surface area contributed by atoms with Gasteiger partial charge in [-0.2, -0.15) is 5.10 Å². The number of para-hydroxylation sites is 2. The third kappa shape index (κ3) is 2.66. The van der Waals surface area contributed by atoms with Crippen LogP contribution in [0.5, 0.6) is 0 Å². The molecule has 27 heavy (non-hydrogen) atoms. The predicted molar refractivity (Wildman–Crippen MR) is 102 cm³/mol. The number of aryl methyl sites for hydroxylation is 1. The number of amides is 1. The fourth-order valence-corrected chi connectivity index (χ4v) is 4.03. The number of benzene rings is 1. The number of imidazole rings is 1. The molecule has 0 spiro atoms. The number of rotatable bonds is 2. The molecule has 4 aromatic rings. The van der Waals surface area contributed by atoms with E-state index in [1.807, 2.05) is 29.2 Å². The Morgan fingerprint density at radius 2 is 2.11 bits per heavy atom. The minimum absolute atomic E-state index is 0.0453. The van der Waals surface area contributed by atoms with E-state index in [1.165, 1.54) is 6.33 Å². The molecule has 1 atom stereocenters. The Morgan fingerprint density at radius 1 is 1.22 bits per heavy atom. The molecule has 0 bridgehead atoms. The molecule has 3 aromatic heterocycles. The van der Waals surface area contributed by atoms with E-state index in [1.54, 1.807) is 16.8 Å². The van der Waals surface area contributed by atoms with Crippen molar-refractivity contribution in [1.82, 2.24) is 29.0 Å². The number of piperidine rings is 1. The average Bonchev–Trinajstić information content (AvgIpc) is 3.32. The van der Waals surface area contributed by atoms with Crippen molar-refractivity contribution in [3.8, 4) is 0 Å². The van der Waals surface area contributed by atoms with E-state index in [-0.39, 0.29) is 11.8 Å². The summed E-state index contributed by atoms with van der Waals surface area (Å²) in [4.78, 5) is 24.0. The molecule has 1 unspecified atom stereocenters. The van der Waals surface area contributed by atoms with Gasteiger partial charge in [-0.15, -0.1) is 0 Å². The highest BCUT2D eigenvalue weighted by molar-refractivity contribution is 5.95. The Balaban J connectivity index is 1.42. The second kappa shape index (κ2) is 6.19. The predicted octanol–water partition coefficient (Wildman–Crippen LogP) is 2.64. The third-order valence-corrected chi connectivity index (χ3v) is 5.42. The van der Waals surface area contributed by atoms with Gasteiger partial charge in [0.2, 0.25) is 0 Å². The van der Waals surface area contributed by atoms with Crippen molar-refractivity contribution < 1.29 is 4.79 Å². The minimum atomic E-state index is 0.0453. The molecule has 0 saturated carbocycles. The van der Waals surface area contributed by atoms with Crippen LogP contribution in [0.25, 0.3) is 16.7 Å². The van der Waals surface area contributed by atoms with E-state index < -0.39 is 0 Å². The second-order valence-corrected chi connectivity index (χ2v) is 7.09. The van der Waals surface area contributed by atoms with Gasteiger partial charge in [-0.1, -0.05) is 12.1 Å². The van der Waals surface area contributed by atoms with Crippen LogP contribution in [0, 0.1) is 0 Å². The molecule has 1 saturated heterocycles. The van der Waals surface area contributed by atoms with E-state index in [2.05, 4.69) is 27.8 Å². The lowest BCUT2D eigenvalue weighted by atomic mass is 9.96. The van der Waals surface area contributed by atoms with Gasteiger partial charge in [0.05, 0.1) is 11.0 Å². The van der Waals surface area contributed by atoms with E-state index in [9.17, 15) is 4.79 Å². The first kappa shape index (κ1) is 16.0. The maximum Gasteiger partial charge on any atom is 0.254 e. The number of carbonyl (C=O) groups is 1. The lowest BCUT2D eigenvalue weighted by Gasteiger charge is -2.32. The maximum absolute atomic E-state index is 13.0. The summed E-state index contributed by atoms with van der Waals surface area (Å²) in [7, 11) is 2.06. The fraction of sp³-hybridized carbons (Fsp3) is 0.300. The van der Waals surface area contributed by atoms with Crippen LogP contribution >= 0.6 is 0 Å². The fourth-order valence-electron chi connectivity index (χ4n) is 4.03. The highest BCUT2D eigenvalue weighted by Gasteiger charge is 2.28. The number of fused-ring (bicyclic) bond motifs is 2. The van der Waals surface area contributed by atoms with Gasteiger partial charge in [-0.3, -0.25) is 4.79 Å². The van der Waals surface area contributed by atoms with E-state index in [4.69, 9.17) is 4.98 Å². The molecule has 0 radical (unpaired) electrons. The largest absolute Gasteiger partial charge is 0.338 e. The molecule has 5 rings (SSSR count). The van der Waals surface area contributed by atoms with Crippen LogP contribution < -0.4 is 0 Å². The van der Waals surface area contributed by atoms with Gasteiger partial charge in [0, 0.05) is 37.8 Å². The van der Waals surface area contributed by atoms with Crippen LogP contribution in [0.15, 0.2) is 48.9 Å². The summed E-state index contributed by atoms with van der Waals surface area (Å²) in [5.41, 5.74) is 3.48. The first-order valence-corrected chi connectivity index (χ1v) is 9.21. The monoisotopic (exact) mass is 360 g/mol. The number of hydrogen-bond acceptors (Lipinski definition) is 4. The topological polar surface area (TPSA) is 68.3 Å². The zero-order valence-corrected chi connectivity index (χ0v) is 15.1. The van der Waals surface area contributed by atoms with Gasteiger partial charge in [0.1, 0.15) is 12.2 Å². The van der Waals surface area contributed by atoms with Crippen molar-refractivity contribution in [2.24, 2.45) is 7.05 Å². The van der Waals surface area contributed by atoms with Crippen LogP contribution in [0.3, 0.4) is 0 Å². The maximum atomic E-state index is 13.0. The molecule has 7 nitrogen and oxygen atoms in total. The van der Waals surface area contributed by atoms with Crippen LogP contribution in [-0.4, -0.2) is 48.0 Å². The summed E-state index contributed by atoms with van der Waals surface area (Å²) in [6.07, 6.45) is 5.30. The van der Waals surface area contributed by atoms with E-state index in [0.29, 0.717) is 17.8 Å². The van der Waals surface area contributed by atoms with Crippen molar-refractivity contribution in [3.05, 3.63) is 60.3 Å². The van der Waals surface area contributed by atoms with Crippen LogP contribution in [-0.2, 0) is 7.05 Å². The smallest absolute Gasteiger partial charge is 0.254 e. The molecule has 1 aliphatic heterocycles. The number of pyridine rings is 1.